The second-order valence-corrected chi connectivity index (χ2v) is 7.17. The molecule has 1 aromatic heterocycles. The van der Waals surface area contributed by atoms with Crippen molar-refractivity contribution in [2.24, 2.45) is 11.8 Å². The molecule has 0 aliphatic heterocycles. The largest absolute Gasteiger partial charge is 0.326 e. The van der Waals surface area contributed by atoms with Crippen LogP contribution in [0.4, 0.5) is 11.4 Å². The Morgan fingerprint density at radius 3 is 2.67 bits per heavy atom. The minimum absolute atomic E-state index is 0.0238. The highest BCUT2D eigenvalue weighted by Crippen LogP contribution is 2.38. The number of hydrogen-bond acceptors (Lipinski definition) is 3. The summed E-state index contributed by atoms with van der Waals surface area (Å²) in [4.78, 5) is 29.2. The van der Waals surface area contributed by atoms with Crippen LogP contribution in [0, 0.1) is 18.8 Å². The number of nitrogens with zero attached hydrogens (tertiary/aromatic N) is 1. The van der Waals surface area contributed by atoms with Crippen molar-refractivity contribution in [1.29, 1.82) is 0 Å². The molecule has 1 aliphatic rings. The number of aryl methyl sites for hydroxylation is 1. The molecule has 0 spiro atoms. The van der Waals surface area contributed by atoms with Crippen LogP contribution in [-0.2, 0) is 4.79 Å². The van der Waals surface area contributed by atoms with E-state index in [1.807, 2.05) is 31.2 Å². The predicted molar refractivity (Wildman–Crippen MR) is 107 cm³/mol. The predicted octanol–water partition coefficient (Wildman–Crippen LogP) is 4.39. The molecule has 0 bridgehead atoms. The molecule has 0 radical (unpaired) electrons. The van der Waals surface area contributed by atoms with E-state index in [0.717, 1.165) is 28.6 Å². The summed E-state index contributed by atoms with van der Waals surface area (Å²) in [7, 11) is 0. The summed E-state index contributed by atoms with van der Waals surface area (Å²) < 4.78 is 0. The Labute approximate surface area is 157 Å². The molecule has 2 amide bonds. The monoisotopic (exact) mass is 359 g/mol. The fourth-order valence-corrected chi connectivity index (χ4v) is 3.28. The number of aromatic nitrogens is 1. The van der Waals surface area contributed by atoms with Gasteiger partial charge < -0.3 is 10.6 Å². The van der Waals surface area contributed by atoms with Gasteiger partial charge in [0.25, 0.3) is 5.91 Å². The molecule has 0 saturated heterocycles. The third-order valence-electron chi connectivity index (χ3n) is 5.06. The molecule has 3 aromatic rings. The second kappa shape index (κ2) is 6.83. The molecule has 27 heavy (non-hydrogen) atoms. The number of hydrogen-bond donors (Lipinski definition) is 2. The van der Waals surface area contributed by atoms with Crippen LogP contribution < -0.4 is 10.6 Å². The Balaban J connectivity index is 1.54. The minimum Gasteiger partial charge on any atom is -0.326 e. The van der Waals surface area contributed by atoms with E-state index in [2.05, 4.69) is 22.5 Å². The van der Waals surface area contributed by atoms with Crippen molar-refractivity contribution in [3.63, 3.8) is 0 Å². The number of benzene rings is 2. The first kappa shape index (κ1) is 17.2. The van der Waals surface area contributed by atoms with Crippen LogP contribution in [-0.4, -0.2) is 16.8 Å². The zero-order valence-electron chi connectivity index (χ0n) is 15.3. The molecule has 1 fully saturated rings. The van der Waals surface area contributed by atoms with E-state index in [-0.39, 0.29) is 17.7 Å². The molecular formula is C22H21N3O2. The minimum atomic E-state index is -0.222. The summed E-state index contributed by atoms with van der Waals surface area (Å²) in [5, 5.41) is 6.76. The van der Waals surface area contributed by atoms with Gasteiger partial charge in [0.1, 0.15) is 0 Å². The van der Waals surface area contributed by atoms with Crippen molar-refractivity contribution < 1.29 is 9.59 Å². The van der Waals surface area contributed by atoms with Crippen molar-refractivity contribution in [1.82, 2.24) is 4.98 Å². The molecule has 5 nitrogen and oxygen atoms in total. The van der Waals surface area contributed by atoms with Gasteiger partial charge >= 0.3 is 0 Å². The van der Waals surface area contributed by atoms with Crippen molar-refractivity contribution in [2.45, 2.75) is 20.3 Å². The number of amides is 2. The fourth-order valence-electron chi connectivity index (χ4n) is 3.28. The Hall–Kier alpha value is -3.21. The molecule has 2 atom stereocenters. The summed E-state index contributed by atoms with van der Waals surface area (Å²) >= 11 is 0. The topological polar surface area (TPSA) is 71.1 Å². The van der Waals surface area contributed by atoms with Crippen LogP contribution in [0.3, 0.4) is 0 Å². The van der Waals surface area contributed by atoms with Crippen molar-refractivity contribution in [3.05, 3.63) is 65.9 Å². The zero-order valence-corrected chi connectivity index (χ0v) is 15.3. The van der Waals surface area contributed by atoms with Crippen molar-refractivity contribution in [3.8, 4) is 0 Å². The lowest BCUT2D eigenvalue weighted by Gasteiger charge is -2.11. The van der Waals surface area contributed by atoms with Crippen LogP contribution in [0.2, 0.25) is 0 Å². The number of fused-ring (bicyclic) bond motifs is 1. The highest BCUT2D eigenvalue weighted by molar-refractivity contribution is 6.09. The van der Waals surface area contributed by atoms with Gasteiger partial charge in [0, 0.05) is 28.8 Å². The summed E-state index contributed by atoms with van der Waals surface area (Å²) in [5.74, 6) is 0.337. The first-order chi connectivity index (χ1) is 13.0. The summed E-state index contributed by atoms with van der Waals surface area (Å²) in [6.07, 6.45) is 2.67. The van der Waals surface area contributed by atoms with Crippen LogP contribution in [0.25, 0.3) is 10.9 Å². The van der Waals surface area contributed by atoms with Crippen LogP contribution in [0.15, 0.2) is 54.7 Å². The van der Waals surface area contributed by atoms with E-state index < -0.39 is 0 Å². The van der Waals surface area contributed by atoms with Crippen LogP contribution in [0.1, 0.15) is 29.3 Å². The lowest BCUT2D eigenvalue weighted by molar-refractivity contribution is -0.117. The van der Waals surface area contributed by atoms with E-state index in [1.165, 1.54) is 0 Å². The Kier molecular flexibility index (Phi) is 4.36. The maximum absolute atomic E-state index is 12.7. The first-order valence-electron chi connectivity index (χ1n) is 9.09. The molecule has 1 heterocycles. The normalized spacial score (nSPS) is 18.1. The second-order valence-electron chi connectivity index (χ2n) is 7.17. The summed E-state index contributed by atoms with van der Waals surface area (Å²) in [6.45, 7) is 4.06. The maximum Gasteiger partial charge on any atom is 0.255 e. The van der Waals surface area contributed by atoms with Crippen LogP contribution >= 0.6 is 0 Å². The highest BCUT2D eigenvalue weighted by Gasteiger charge is 2.39. The van der Waals surface area contributed by atoms with Gasteiger partial charge in [0.15, 0.2) is 0 Å². The third kappa shape index (κ3) is 3.53. The van der Waals surface area contributed by atoms with E-state index in [1.54, 1.807) is 30.5 Å². The molecule has 136 valence electrons. The lowest BCUT2D eigenvalue weighted by atomic mass is 10.1. The highest BCUT2D eigenvalue weighted by atomic mass is 16.2. The number of rotatable bonds is 4. The number of nitrogens with one attached hydrogen (secondary N) is 2. The van der Waals surface area contributed by atoms with E-state index in [9.17, 15) is 9.59 Å². The van der Waals surface area contributed by atoms with Crippen LogP contribution in [0.5, 0.6) is 0 Å². The molecule has 5 heteroatoms. The van der Waals surface area contributed by atoms with E-state index in [0.29, 0.717) is 17.2 Å². The Morgan fingerprint density at radius 2 is 1.89 bits per heavy atom. The van der Waals surface area contributed by atoms with Crippen molar-refractivity contribution >= 4 is 34.1 Å². The maximum atomic E-state index is 12.7. The van der Waals surface area contributed by atoms with Gasteiger partial charge in [-0.2, -0.15) is 0 Å². The fraction of sp³-hybridized carbons (Fsp3) is 0.227. The molecule has 1 saturated carbocycles. The average Bonchev–Trinajstić information content (AvgIpc) is 3.41. The zero-order chi connectivity index (χ0) is 19.0. The molecule has 2 N–H and O–H groups in total. The quantitative estimate of drug-likeness (QED) is 0.726. The van der Waals surface area contributed by atoms with Gasteiger partial charge in [-0.05, 0) is 61.2 Å². The SMILES string of the molecule is Cc1ccc(NC(=O)c2cccc(NC(=O)C3CC3C)c2)c2cccnc12. The van der Waals surface area contributed by atoms with Gasteiger partial charge in [0.05, 0.1) is 11.2 Å². The summed E-state index contributed by atoms with van der Waals surface area (Å²) in [5.41, 5.74) is 3.78. The number of carbonyl (C=O) groups excluding carboxylic acids is 2. The number of carbonyl (C=O) groups is 2. The lowest BCUT2D eigenvalue weighted by Crippen LogP contribution is -2.16. The summed E-state index contributed by atoms with van der Waals surface area (Å²) in [6, 6.07) is 14.6. The number of pyridine rings is 1. The third-order valence-corrected chi connectivity index (χ3v) is 5.06. The van der Waals surface area contributed by atoms with Gasteiger partial charge in [-0.3, -0.25) is 14.6 Å². The van der Waals surface area contributed by atoms with E-state index in [4.69, 9.17) is 0 Å². The van der Waals surface area contributed by atoms with Crippen molar-refractivity contribution in [2.75, 3.05) is 10.6 Å². The Bertz CT molecular complexity index is 1040. The molecule has 2 aromatic carbocycles. The average molecular weight is 359 g/mol. The van der Waals surface area contributed by atoms with Gasteiger partial charge in [0.2, 0.25) is 5.91 Å². The first-order valence-corrected chi connectivity index (χ1v) is 9.09. The Morgan fingerprint density at radius 1 is 1.07 bits per heavy atom. The molecule has 1 aliphatic carbocycles. The molecule has 2 unspecified atom stereocenters. The van der Waals surface area contributed by atoms with Gasteiger partial charge in [-0.25, -0.2) is 0 Å². The molecular weight excluding hydrogens is 338 g/mol. The smallest absolute Gasteiger partial charge is 0.255 e. The van der Waals surface area contributed by atoms with E-state index >= 15 is 0 Å². The number of anilines is 2. The molecule has 4 rings (SSSR count). The standard InChI is InChI=1S/C22H21N3O2/c1-13-8-9-19(17-7-4-10-23-20(13)17)25-21(26)15-5-3-6-16(12-15)24-22(27)18-11-14(18)2/h3-10,12,14,18H,11H2,1-2H3,(H,24,27)(H,25,26). The van der Waals surface area contributed by atoms with Gasteiger partial charge in [-0.1, -0.05) is 19.1 Å². The van der Waals surface area contributed by atoms with Gasteiger partial charge in [-0.15, -0.1) is 0 Å².